The molecule has 4 heteroatoms. The normalized spacial score (nSPS) is 24.8. The van der Waals surface area contributed by atoms with Gasteiger partial charge < -0.3 is 15.0 Å². The number of methoxy groups -OCH3 is 1. The van der Waals surface area contributed by atoms with E-state index >= 15 is 0 Å². The Balaban J connectivity index is 2.52. The lowest BCUT2D eigenvalue weighted by Gasteiger charge is -2.37. The lowest BCUT2D eigenvalue weighted by molar-refractivity contribution is 0.0890. The molecule has 0 bridgehead atoms. The number of piperidine rings is 1. The van der Waals surface area contributed by atoms with E-state index in [9.17, 15) is 4.79 Å². The molecule has 0 radical (unpaired) electrons. The third-order valence-corrected chi connectivity index (χ3v) is 3.43. The number of likely N-dealkylation sites (tertiary alicyclic amines) is 1. The summed E-state index contributed by atoms with van der Waals surface area (Å²) in [5, 5.41) is 3.45. The number of carbonyl (C=O) groups is 1. The number of unbranched alkanes of at least 4 members (excludes halogenated alkanes) is 1. The summed E-state index contributed by atoms with van der Waals surface area (Å²) in [7, 11) is 1.46. The van der Waals surface area contributed by atoms with Gasteiger partial charge in [-0.2, -0.15) is 0 Å². The highest BCUT2D eigenvalue weighted by Crippen LogP contribution is 2.22. The summed E-state index contributed by atoms with van der Waals surface area (Å²) in [5.41, 5.74) is 0. The van der Waals surface area contributed by atoms with Gasteiger partial charge in [0.1, 0.15) is 0 Å². The molecule has 1 heterocycles. The summed E-state index contributed by atoms with van der Waals surface area (Å²) < 4.78 is 4.83. The molecule has 2 unspecified atom stereocenters. The highest BCUT2D eigenvalue weighted by Gasteiger charge is 2.29. The van der Waals surface area contributed by atoms with Gasteiger partial charge in [0.15, 0.2) is 0 Å². The Morgan fingerprint density at radius 3 is 2.76 bits per heavy atom. The largest absolute Gasteiger partial charge is 0.453 e. The van der Waals surface area contributed by atoms with E-state index in [-0.39, 0.29) is 6.09 Å². The van der Waals surface area contributed by atoms with Crippen LogP contribution < -0.4 is 5.32 Å². The molecule has 1 N–H and O–H groups in total. The van der Waals surface area contributed by atoms with Crippen molar-refractivity contribution >= 4 is 6.09 Å². The number of likely N-dealkylation sites (N-methyl/N-ethyl adjacent to an activating group) is 1. The minimum Gasteiger partial charge on any atom is -0.453 e. The minimum absolute atomic E-state index is 0.186. The van der Waals surface area contributed by atoms with Crippen molar-refractivity contribution in [1.29, 1.82) is 0 Å². The number of rotatable bonds is 5. The fourth-order valence-corrected chi connectivity index (χ4v) is 2.62. The van der Waals surface area contributed by atoms with E-state index in [1.807, 2.05) is 4.90 Å². The number of hydrogen-bond donors (Lipinski definition) is 1. The topological polar surface area (TPSA) is 41.6 Å². The molecule has 1 rings (SSSR count). The van der Waals surface area contributed by atoms with Gasteiger partial charge in [-0.05, 0) is 25.3 Å². The molecule has 0 aromatic rings. The van der Waals surface area contributed by atoms with Gasteiger partial charge in [-0.25, -0.2) is 4.79 Å². The quantitative estimate of drug-likeness (QED) is 0.804. The zero-order valence-corrected chi connectivity index (χ0v) is 11.4. The first-order valence-corrected chi connectivity index (χ1v) is 6.77. The molecule has 100 valence electrons. The van der Waals surface area contributed by atoms with Gasteiger partial charge in [0.2, 0.25) is 0 Å². The molecule has 1 fully saturated rings. The number of nitrogens with one attached hydrogen (secondary N) is 1. The molecule has 1 saturated heterocycles. The monoisotopic (exact) mass is 242 g/mol. The fourth-order valence-electron chi connectivity index (χ4n) is 2.62. The molecule has 1 aliphatic heterocycles. The van der Waals surface area contributed by atoms with E-state index in [1.54, 1.807) is 0 Å². The predicted molar refractivity (Wildman–Crippen MR) is 69.1 cm³/mol. The van der Waals surface area contributed by atoms with Crippen molar-refractivity contribution < 1.29 is 9.53 Å². The molecule has 2 atom stereocenters. The van der Waals surface area contributed by atoms with Crippen LogP contribution in [0, 0.1) is 5.92 Å². The maximum Gasteiger partial charge on any atom is 0.409 e. The summed E-state index contributed by atoms with van der Waals surface area (Å²) in [5.74, 6) is 0.617. The van der Waals surface area contributed by atoms with Crippen molar-refractivity contribution in [2.45, 2.75) is 45.6 Å². The summed E-state index contributed by atoms with van der Waals surface area (Å²) in [4.78, 5) is 13.5. The van der Waals surface area contributed by atoms with Crippen molar-refractivity contribution in [3.8, 4) is 0 Å². The molecule has 0 aliphatic carbocycles. The van der Waals surface area contributed by atoms with Crippen molar-refractivity contribution in [2.75, 3.05) is 26.7 Å². The van der Waals surface area contributed by atoms with Gasteiger partial charge in [-0.1, -0.05) is 26.7 Å². The molecule has 17 heavy (non-hydrogen) atoms. The Hall–Kier alpha value is -0.770. The molecule has 1 aliphatic rings. The van der Waals surface area contributed by atoms with Gasteiger partial charge in [0.25, 0.3) is 0 Å². The van der Waals surface area contributed by atoms with Crippen LogP contribution in [0.5, 0.6) is 0 Å². The van der Waals surface area contributed by atoms with Crippen molar-refractivity contribution in [1.82, 2.24) is 10.2 Å². The minimum atomic E-state index is -0.186. The summed E-state index contributed by atoms with van der Waals surface area (Å²) >= 11 is 0. The van der Waals surface area contributed by atoms with E-state index in [0.717, 1.165) is 19.6 Å². The first-order valence-electron chi connectivity index (χ1n) is 6.77. The van der Waals surface area contributed by atoms with Crippen LogP contribution in [0.2, 0.25) is 0 Å². The van der Waals surface area contributed by atoms with E-state index < -0.39 is 0 Å². The Morgan fingerprint density at radius 1 is 1.41 bits per heavy atom. The van der Waals surface area contributed by atoms with Crippen LogP contribution in [0.1, 0.15) is 39.5 Å². The van der Waals surface area contributed by atoms with Crippen LogP contribution >= 0.6 is 0 Å². The molecule has 0 spiro atoms. The second kappa shape index (κ2) is 7.54. The summed E-state index contributed by atoms with van der Waals surface area (Å²) in [6.07, 6.45) is 4.68. The molecule has 0 aromatic heterocycles. The van der Waals surface area contributed by atoms with Crippen LogP contribution in [0.3, 0.4) is 0 Å². The zero-order chi connectivity index (χ0) is 12.7. The molecule has 4 nitrogen and oxygen atoms in total. The third-order valence-electron chi connectivity index (χ3n) is 3.43. The summed E-state index contributed by atoms with van der Waals surface area (Å²) in [6, 6.07) is 0.426. The lowest BCUT2D eigenvalue weighted by atomic mass is 9.90. The number of hydrogen-bond acceptors (Lipinski definition) is 3. The Kier molecular flexibility index (Phi) is 6.34. The van der Waals surface area contributed by atoms with Crippen molar-refractivity contribution in [3.05, 3.63) is 0 Å². The highest BCUT2D eigenvalue weighted by molar-refractivity contribution is 5.67. The molecular weight excluding hydrogens is 216 g/mol. The maximum absolute atomic E-state index is 11.6. The van der Waals surface area contributed by atoms with E-state index in [1.165, 1.54) is 32.8 Å². The number of carbonyl (C=O) groups excluding carboxylic acids is 1. The van der Waals surface area contributed by atoms with Gasteiger partial charge in [0, 0.05) is 19.1 Å². The molecule has 0 aromatic carbocycles. The average Bonchev–Trinajstić information content (AvgIpc) is 2.35. The first-order chi connectivity index (χ1) is 8.21. The molecule has 1 amide bonds. The third kappa shape index (κ3) is 4.54. The van der Waals surface area contributed by atoms with Crippen LogP contribution in [0.25, 0.3) is 0 Å². The highest BCUT2D eigenvalue weighted by atomic mass is 16.5. The number of ether oxygens (including phenoxy) is 1. The van der Waals surface area contributed by atoms with Crippen molar-refractivity contribution in [2.24, 2.45) is 5.92 Å². The van der Waals surface area contributed by atoms with Gasteiger partial charge in [-0.15, -0.1) is 0 Å². The molecule has 0 saturated carbocycles. The first kappa shape index (κ1) is 14.3. The van der Waals surface area contributed by atoms with Crippen LogP contribution in [0.15, 0.2) is 0 Å². The van der Waals surface area contributed by atoms with Gasteiger partial charge >= 0.3 is 6.09 Å². The van der Waals surface area contributed by atoms with E-state index in [2.05, 4.69) is 19.2 Å². The maximum atomic E-state index is 11.6. The zero-order valence-electron chi connectivity index (χ0n) is 11.4. The second-order valence-electron chi connectivity index (χ2n) is 4.87. The van der Waals surface area contributed by atoms with E-state index in [4.69, 9.17) is 4.74 Å². The van der Waals surface area contributed by atoms with Gasteiger partial charge in [0.05, 0.1) is 7.11 Å². The van der Waals surface area contributed by atoms with E-state index in [0.29, 0.717) is 12.0 Å². The van der Waals surface area contributed by atoms with Crippen LogP contribution in [-0.2, 0) is 4.74 Å². The standard InChI is InChI=1S/C13H26N2O2/c1-4-6-7-11-8-12(14-5-2)10-15(9-11)13(16)17-3/h11-12,14H,4-10H2,1-3H3. The average molecular weight is 242 g/mol. The SMILES string of the molecule is CCCCC1CC(NCC)CN(C(=O)OC)C1. The predicted octanol–water partition coefficient (Wildman–Crippen LogP) is 2.24. The second-order valence-corrected chi connectivity index (χ2v) is 4.87. The number of amides is 1. The van der Waals surface area contributed by atoms with Gasteiger partial charge in [-0.3, -0.25) is 0 Å². The fraction of sp³-hybridized carbons (Fsp3) is 0.923. The summed E-state index contributed by atoms with van der Waals surface area (Å²) in [6.45, 7) is 6.92. The Bertz CT molecular complexity index is 233. The van der Waals surface area contributed by atoms with Crippen molar-refractivity contribution in [3.63, 3.8) is 0 Å². The van der Waals surface area contributed by atoms with Crippen LogP contribution in [-0.4, -0.2) is 43.8 Å². The van der Waals surface area contributed by atoms with Crippen LogP contribution in [0.4, 0.5) is 4.79 Å². The molecular formula is C13H26N2O2. The Labute approximate surface area is 105 Å². The Morgan fingerprint density at radius 2 is 2.18 bits per heavy atom. The number of nitrogens with zero attached hydrogens (tertiary/aromatic N) is 1. The lowest BCUT2D eigenvalue weighted by Crippen LogP contribution is -2.51. The smallest absolute Gasteiger partial charge is 0.409 e.